The van der Waals surface area contributed by atoms with Crippen LogP contribution >= 0.6 is 0 Å². The van der Waals surface area contributed by atoms with Crippen LogP contribution < -0.4 is 0 Å². The average Bonchev–Trinajstić information content (AvgIpc) is 2.51. The van der Waals surface area contributed by atoms with Gasteiger partial charge in [0.15, 0.2) is 0 Å². The van der Waals surface area contributed by atoms with Crippen molar-refractivity contribution in [1.82, 2.24) is 14.4 Å². The number of nitro groups is 1. The summed E-state index contributed by atoms with van der Waals surface area (Å²) in [5.41, 5.74) is 0.715. The molecular weight excluding hydrogens is 184 g/mol. The minimum Gasteiger partial charge on any atom is -0.282 e. The Bertz CT molecular complexity index is 517. The second kappa shape index (κ2) is 2.76. The van der Waals surface area contributed by atoms with Crippen LogP contribution in [-0.4, -0.2) is 19.3 Å². The van der Waals surface area contributed by atoms with Crippen molar-refractivity contribution in [3.63, 3.8) is 0 Å². The zero-order chi connectivity index (χ0) is 10.3. The predicted molar refractivity (Wildman–Crippen MR) is 49.1 cm³/mol. The highest BCUT2D eigenvalue weighted by Crippen LogP contribution is 2.21. The molecule has 2 aromatic rings. The van der Waals surface area contributed by atoms with E-state index < -0.39 is 4.92 Å². The third-order valence-corrected chi connectivity index (χ3v) is 2.06. The molecule has 2 heterocycles. The molecule has 0 atom stereocenters. The first-order valence-electron chi connectivity index (χ1n) is 4.06. The van der Waals surface area contributed by atoms with Gasteiger partial charge in [0.25, 0.3) is 0 Å². The normalized spacial score (nSPS) is 10.7. The molecule has 0 aliphatic heterocycles. The van der Waals surface area contributed by atoms with Crippen molar-refractivity contribution in [2.75, 3.05) is 0 Å². The van der Waals surface area contributed by atoms with Gasteiger partial charge in [-0.2, -0.15) is 0 Å². The van der Waals surface area contributed by atoms with Gasteiger partial charge in [0.1, 0.15) is 11.5 Å². The third kappa shape index (κ3) is 1.04. The Morgan fingerprint density at radius 3 is 2.86 bits per heavy atom. The van der Waals surface area contributed by atoms with Crippen LogP contribution in [0.5, 0.6) is 0 Å². The molecule has 0 N–H and O–H groups in total. The van der Waals surface area contributed by atoms with Crippen LogP contribution in [0.2, 0.25) is 0 Å². The highest BCUT2D eigenvalue weighted by Gasteiger charge is 2.19. The molecule has 6 heteroatoms. The molecule has 0 saturated heterocycles. The number of fused-ring (bicyclic) bond motifs is 1. The Kier molecular flexibility index (Phi) is 1.70. The lowest BCUT2D eigenvalue weighted by molar-refractivity contribution is -0.384. The van der Waals surface area contributed by atoms with E-state index in [1.165, 1.54) is 6.20 Å². The van der Waals surface area contributed by atoms with Gasteiger partial charge in [-0.1, -0.05) is 0 Å². The minimum atomic E-state index is -0.454. The van der Waals surface area contributed by atoms with Crippen LogP contribution in [0.15, 0.2) is 12.4 Å². The van der Waals surface area contributed by atoms with E-state index in [1.54, 1.807) is 24.4 Å². The van der Waals surface area contributed by atoms with Crippen molar-refractivity contribution in [3.8, 4) is 0 Å². The lowest BCUT2D eigenvalue weighted by Gasteiger charge is -2.01. The molecule has 0 fully saturated rings. The Balaban J connectivity index is 2.93. The van der Waals surface area contributed by atoms with Gasteiger partial charge in [-0.05, 0) is 13.8 Å². The monoisotopic (exact) mass is 192 g/mol. The Labute approximate surface area is 79.4 Å². The first-order valence-corrected chi connectivity index (χ1v) is 4.06. The molecule has 14 heavy (non-hydrogen) atoms. The predicted octanol–water partition coefficient (Wildman–Crippen LogP) is 1.25. The lowest BCUT2D eigenvalue weighted by atomic mass is 10.3. The van der Waals surface area contributed by atoms with E-state index in [-0.39, 0.29) is 5.69 Å². The standard InChI is InChI=1S/C8H8N4O2/c1-5-7(12(13)14)8-9-3-4-11(8)6(2)10-5/h3-4H,1-2H3. The van der Waals surface area contributed by atoms with Crippen molar-refractivity contribution < 1.29 is 4.92 Å². The van der Waals surface area contributed by atoms with Gasteiger partial charge < -0.3 is 0 Å². The van der Waals surface area contributed by atoms with Gasteiger partial charge in [-0.25, -0.2) is 9.97 Å². The largest absolute Gasteiger partial charge is 0.333 e. The molecule has 0 radical (unpaired) electrons. The SMILES string of the molecule is Cc1nc(C)n2ccnc2c1[N+](=O)[O-]. The maximum atomic E-state index is 10.8. The van der Waals surface area contributed by atoms with Gasteiger partial charge in [0.2, 0.25) is 5.65 Å². The Hall–Kier alpha value is -1.98. The maximum Gasteiger partial charge on any atom is 0.333 e. The van der Waals surface area contributed by atoms with Crippen molar-refractivity contribution in [2.45, 2.75) is 13.8 Å². The van der Waals surface area contributed by atoms with E-state index in [9.17, 15) is 10.1 Å². The van der Waals surface area contributed by atoms with Gasteiger partial charge >= 0.3 is 5.69 Å². The Morgan fingerprint density at radius 1 is 1.50 bits per heavy atom. The van der Waals surface area contributed by atoms with Crippen LogP contribution in [0.1, 0.15) is 11.5 Å². The number of nitrogens with zero attached hydrogens (tertiary/aromatic N) is 4. The van der Waals surface area contributed by atoms with Gasteiger partial charge in [-0.15, -0.1) is 0 Å². The van der Waals surface area contributed by atoms with Crippen LogP contribution in [-0.2, 0) is 0 Å². The maximum absolute atomic E-state index is 10.8. The molecule has 0 bridgehead atoms. The van der Waals surface area contributed by atoms with E-state index in [0.717, 1.165) is 0 Å². The van der Waals surface area contributed by atoms with Crippen molar-refractivity contribution in [3.05, 3.63) is 34.0 Å². The zero-order valence-corrected chi connectivity index (χ0v) is 7.76. The number of rotatable bonds is 1. The van der Waals surface area contributed by atoms with Crippen molar-refractivity contribution in [2.24, 2.45) is 0 Å². The fourth-order valence-electron chi connectivity index (χ4n) is 1.46. The minimum absolute atomic E-state index is 0.0272. The second-order valence-electron chi connectivity index (χ2n) is 2.97. The first-order chi connectivity index (χ1) is 6.61. The van der Waals surface area contributed by atoms with Gasteiger partial charge in [-0.3, -0.25) is 14.5 Å². The number of hydrogen-bond donors (Lipinski definition) is 0. The fraction of sp³-hybridized carbons (Fsp3) is 0.250. The summed E-state index contributed by atoms with van der Waals surface area (Å²) in [6.07, 6.45) is 3.18. The quantitative estimate of drug-likeness (QED) is 0.503. The average molecular weight is 192 g/mol. The molecule has 0 amide bonds. The smallest absolute Gasteiger partial charge is 0.282 e. The fourth-order valence-corrected chi connectivity index (χ4v) is 1.46. The number of aryl methyl sites for hydroxylation is 2. The van der Waals surface area contributed by atoms with Crippen LogP contribution in [0.4, 0.5) is 5.69 Å². The molecule has 0 saturated carbocycles. The van der Waals surface area contributed by atoms with Crippen molar-refractivity contribution >= 4 is 11.3 Å². The van der Waals surface area contributed by atoms with E-state index in [4.69, 9.17) is 0 Å². The summed E-state index contributed by atoms with van der Waals surface area (Å²) in [6.45, 7) is 3.39. The summed E-state index contributed by atoms with van der Waals surface area (Å²) in [6, 6.07) is 0. The van der Waals surface area contributed by atoms with Crippen LogP contribution in [0.25, 0.3) is 5.65 Å². The third-order valence-electron chi connectivity index (χ3n) is 2.06. The van der Waals surface area contributed by atoms with Crippen LogP contribution in [0.3, 0.4) is 0 Å². The summed E-state index contributed by atoms with van der Waals surface area (Å²) in [4.78, 5) is 18.3. The van der Waals surface area contributed by atoms with Gasteiger partial charge in [0.05, 0.1) is 4.92 Å². The summed E-state index contributed by atoms with van der Waals surface area (Å²) in [5.74, 6) is 0.695. The summed E-state index contributed by atoms with van der Waals surface area (Å²) >= 11 is 0. The van der Waals surface area contributed by atoms with E-state index >= 15 is 0 Å². The zero-order valence-electron chi connectivity index (χ0n) is 7.76. The highest BCUT2D eigenvalue weighted by molar-refractivity contribution is 5.61. The topological polar surface area (TPSA) is 73.3 Å². The molecule has 0 aliphatic rings. The number of hydrogen-bond acceptors (Lipinski definition) is 4. The molecule has 6 nitrogen and oxygen atoms in total. The van der Waals surface area contributed by atoms with Crippen LogP contribution in [0, 0.1) is 24.0 Å². The van der Waals surface area contributed by atoms with Gasteiger partial charge in [0, 0.05) is 12.4 Å². The molecule has 0 aliphatic carbocycles. The van der Waals surface area contributed by atoms with E-state index in [1.807, 2.05) is 0 Å². The summed E-state index contributed by atoms with van der Waals surface area (Å²) < 4.78 is 1.60. The number of imidazole rings is 1. The molecule has 0 unspecified atom stereocenters. The molecule has 0 aromatic carbocycles. The molecular formula is C8H8N4O2. The highest BCUT2D eigenvalue weighted by atomic mass is 16.6. The summed E-state index contributed by atoms with van der Waals surface area (Å²) in [7, 11) is 0. The summed E-state index contributed by atoms with van der Waals surface area (Å²) in [5, 5.41) is 10.8. The molecule has 2 rings (SSSR count). The number of aromatic nitrogens is 3. The van der Waals surface area contributed by atoms with E-state index in [2.05, 4.69) is 9.97 Å². The molecule has 0 spiro atoms. The van der Waals surface area contributed by atoms with E-state index in [0.29, 0.717) is 17.2 Å². The van der Waals surface area contributed by atoms with Crippen molar-refractivity contribution in [1.29, 1.82) is 0 Å². The Morgan fingerprint density at radius 2 is 2.21 bits per heavy atom. The molecule has 2 aromatic heterocycles. The first kappa shape index (κ1) is 8.61. The second-order valence-corrected chi connectivity index (χ2v) is 2.97. The molecule has 72 valence electrons. The lowest BCUT2D eigenvalue weighted by Crippen LogP contribution is -2.03.